The Balaban J connectivity index is 1.95. The summed E-state index contributed by atoms with van der Waals surface area (Å²) in [7, 11) is 1.33. The molecule has 28 heavy (non-hydrogen) atoms. The van der Waals surface area contributed by atoms with E-state index >= 15 is 0 Å². The molecule has 0 aliphatic carbocycles. The van der Waals surface area contributed by atoms with Crippen LogP contribution >= 0.6 is 0 Å². The zero-order chi connectivity index (χ0) is 19.7. The summed E-state index contributed by atoms with van der Waals surface area (Å²) in [5, 5.41) is 24.7. The largest absolute Gasteiger partial charge is 0.508 e. The number of hydrogen-bond acceptors (Lipinski definition) is 5. The van der Waals surface area contributed by atoms with Crippen molar-refractivity contribution in [3.05, 3.63) is 95.1 Å². The number of aromatic hydroxyl groups is 2. The number of nitrogens with one attached hydrogen (secondary N) is 1. The maximum absolute atomic E-state index is 13.1. The second-order valence-corrected chi connectivity index (χ2v) is 6.94. The number of fused-ring (bicyclic) bond motifs is 1. The zero-order valence-corrected chi connectivity index (χ0v) is 15.4. The molecule has 1 aliphatic rings. The SMILES string of the molecule is COC(=O)[C@]1(Cc2ccccc2)N[C@@H](c2ccccc2)c2c(O)ccc(O)c21. The molecule has 3 aromatic carbocycles. The van der Waals surface area contributed by atoms with Crippen molar-refractivity contribution in [3.63, 3.8) is 0 Å². The first-order chi connectivity index (χ1) is 13.6. The summed E-state index contributed by atoms with van der Waals surface area (Å²) in [5.41, 5.74) is 1.31. The molecule has 1 aliphatic heterocycles. The lowest BCUT2D eigenvalue weighted by Gasteiger charge is -2.29. The third kappa shape index (κ3) is 2.80. The lowest BCUT2D eigenvalue weighted by Crippen LogP contribution is -2.48. The molecule has 5 heteroatoms. The lowest BCUT2D eigenvalue weighted by atomic mass is 9.83. The predicted molar refractivity (Wildman–Crippen MR) is 105 cm³/mol. The third-order valence-corrected chi connectivity index (χ3v) is 5.29. The minimum absolute atomic E-state index is 0.0213. The van der Waals surface area contributed by atoms with E-state index in [4.69, 9.17) is 4.74 Å². The van der Waals surface area contributed by atoms with Crippen LogP contribution in [0.4, 0.5) is 0 Å². The second kappa shape index (κ2) is 7.02. The number of benzene rings is 3. The van der Waals surface area contributed by atoms with Gasteiger partial charge in [-0.2, -0.15) is 0 Å². The summed E-state index contributed by atoms with van der Waals surface area (Å²) in [5.74, 6) is -0.551. The summed E-state index contributed by atoms with van der Waals surface area (Å²) in [6, 6.07) is 21.4. The Hall–Kier alpha value is -3.31. The number of hydrogen-bond donors (Lipinski definition) is 3. The van der Waals surface area contributed by atoms with Crippen molar-refractivity contribution in [1.29, 1.82) is 0 Å². The number of phenolic OH excluding ortho intramolecular Hbond substituents is 2. The van der Waals surface area contributed by atoms with Crippen LogP contribution in [0.25, 0.3) is 0 Å². The third-order valence-electron chi connectivity index (χ3n) is 5.29. The minimum atomic E-state index is -1.32. The number of carbonyl (C=O) groups excluding carboxylic acids is 1. The molecular formula is C23H21NO4. The van der Waals surface area contributed by atoms with Crippen LogP contribution in [0.3, 0.4) is 0 Å². The van der Waals surface area contributed by atoms with Gasteiger partial charge in [-0.05, 0) is 23.3 Å². The standard InChI is InChI=1S/C23H21NO4/c1-28-22(27)23(14-15-8-4-2-5-9-15)20-18(26)13-12-17(25)19(20)21(24-23)16-10-6-3-7-11-16/h2-13,21,24-26H,14H2,1H3/t21-,23+/m0/s1. The molecule has 0 radical (unpaired) electrons. The van der Waals surface area contributed by atoms with Gasteiger partial charge in [0.25, 0.3) is 0 Å². The molecule has 0 spiro atoms. The van der Waals surface area contributed by atoms with E-state index < -0.39 is 17.6 Å². The zero-order valence-electron chi connectivity index (χ0n) is 15.4. The summed E-state index contributed by atoms with van der Waals surface area (Å²) in [4.78, 5) is 13.1. The minimum Gasteiger partial charge on any atom is -0.508 e. The fourth-order valence-corrected chi connectivity index (χ4v) is 4.07. The number of esters is 1. The summed E-state index contributed by atoms with van der Waals surface area (Å²) in [6.45, 7) is 0. The number of phenols is 2. The van der Waals surface area contributed by atoms with Gasteiger partial charge < -0.3 is 14.9 Å². The van der Waals surface area contributed by atoms with Crippen LogP contribution in [0.5, 0.6) is 11.5 Å². The average molecular weight is 375 g/mol. The van der Waals surface area contributed by atoms with E-state index in [1.54, 1.807) is 0 Å². The highest BCUT2D eigenvalue weighted by Gasteiger charge is 2.53. The van der Waals surface area contributed by atoms with Crippen molar-refractivity contribution in [2.24, 2.45) is 0 Å². The quantitative estimate of drug-likeness (QED) is 0.481. The van der Waals surface area contributed by atoms with E-state index in [9.17, 15) is 15.0 Å². The topological polar surface area (TPSA) is 78.8 Å². The molecule has 2 atom stereocenters. The number of rotatable bonds is 4. The van der Waals surface area contributed by atoms with Crippen LogP contribution in [-0.2, 0) is 21.5 Å². The molecule has 0 fully saturated rings. The molecule has 0 unspecified atom stereocenters. The van der Waals surface area contributed by atoms with Crippen LogP contribution in [0, 0.1) is 0 Å². The van der Waals surface area contributed by atoms with Gasteiger partial charge in [0.1, 0.15) is 11.5 Å². The van der Waals surface area contributed by atoms with Crippen molar-refractivity contribution in [3.8, 4) is 11.5 Å². The van der Waals surface area contributed by atoms with Gasteiger partial charge in [0.15, 0.2) is 5.54 Å². The number of methoxy groups -OCH3 is 1. The Morgan fingerprint density at radius 3 is 2.21 bits per heavy atom. The van der Waals surface area contributed by atoms with E-state index in [1.807, 2.05) is 60.7 Å². The van der Waals surface area contributed by atoms with Crippen molar-refractivity contribution in [1.82, 2.24) is 5.32 Å². The van der Waals surface area contributed by atoms with Gasteiger partial charge in [-0.1, -0.05) is 60.7 Å². The van der Waals surface area contributed by atoms with Gasteiger partial charge >= 0.3 is 5.97 Å². The molecule has 0 saturated carbocycles. The normalized spacial score (nSPS) is 20.5. The summed E-state index contributed by atoms with van der Waals surface area (Å²) in [6.07, 6.45) is 0.272. The summed E-state index contributed by atoms with van der Waals surface area (Å²) < 4.78 is 5.15. The molecule has 5 nitrogen and oxygen atoms in total. The molecule has 3 aromatic rings. The first kappa shape index (κ1) is 18.1. The van der Waals surface area contributed by atoms with E-state index in [2.05, 4.69) is 5.32 Å². The molecule has 0 amide bonds. The molecule has 142 valence electrons. The Morgan fingerprint density at radius 2 is 1.57 bits per heavy atom. The molecule has 3 N–H and O–H groups in total. The first-order valence-corrected chi connectivity index (χ1v) is 9.07. The Labute approximate surface area is 163 Å². The van der Waals surface area contributed by atoms with Crippen molar-refractivity contribution >= 4 is 5.97 Å². The van der Waals surface area contributed by atoms with Crippen LogP contribution in [-0.4, -0.2) is 23.3 Å². The van der Waals surface area contributed by atoms with Gasteiger partial charge in [-0.3, -0.25) is 5.32 Å². The second-order valence-electron chi connectivity index (χ2n) is 6.94. The number of ether oxygens (including phenoxy) is 1. The maximum Gasteiger partial charge on any atom is 0.331 e. The lowest BCUT2D eigenvalue weighted by molar-refractivity contribution is -0.149. The van der Waals surface area contributed by atoms with Crippen LogP contribution in [0.2, 0.25) is 0 Å². The molecular weight excluding hydrogens is 354 g/mol. The van der Waals surface area contributed by atoms with E-state index in [0.717, 1.165) is 11.1 Å². The molecule has 1 heterocycles. The van der Waals surface area contributed by atoms with Crippen LogP contribution in [0.15, 0.2) is 72.8 Å². The van der Waals surface area contributed by atoms with E-state index in [0.29, 0.717) is 11.1 Å². The molecule has 0 bridgehead atoms. The van der Waals surface area contributed by atoms with Crippen molar-refractivity contribution in [2.45, 2.75) is 18.0 Å². The first-order valence-electron chi connectivity index (χ1n) is 9.07. The molecule has 4 rings (SSSR count). The predicted octanol–water partition coefficient (Wildman–Crippen LogP) is 3.40. The highest BCUT2D eigenvalue weighted by molar-refractivity contribution is 5.87. The van der Waals surface area contributed by atoms with E-state index in [1.165, 1.54) is 19.2 Å². The molecule has 0 saturated heterocycles. The van der Waals surface area contributed by atoms with Crippen LogP contribution in [0.1, 0.15) is 28.3 Å². The van der Waals surface area contributed by atoms with E-state index in [-0.39, 0.29) is 17.9 Å². The van der Waals surface area contributed by atoms with Gasteiger partial charge in [0.2, 0.25) is 0 Å². The Bertz CT molecular complexity index is 1000. The van der Waals surface area contributed by atoms with Crippen LogP contribution < -0.4 is 5.32 Å². The van der Waals surface area contributed by atoms with Gasteiger partial charge in [0, 0.05) is 17.5 Å². The number of carbonyl (C=O) groups is 1. The van der Waals surface area contributed by atoms with Crippen molar-refractivity contribution < 1.29 is 19.7 Å². The summed E-state index contributed by atoms with van der Waals surface area (Å²) >= 11 is 0. The van der Waals surface area contributed by atoms with Gasteiger partial charge in [-0.15, -0.1) is 0 Å². The maximum atomic E-state index is 13.1. The van der Waals surface area contributed by atoms with Gasteiger partial charge in [0.05, 0.1) is 13.2 Å². The fraction of sp³-hybridized carbons (Fsp3) is 0.174. The Kier molecular flexibility index (Phi) is 4.53. The molecule has 0 aromatic heterocycles. The monoisotopic (exact) mass is 375 g/mol. The highest BCUT2D eigenvalue weighted by atomic mass is 16.5. The Morgan fingerprint density at radius 1 is 0.964 bits per heavy atom. The van der Waals surface area contributed by atoms with Crippen molar-refractivity contribution in [2.75, 3.05) is 7.11 Å². The highest BCUT2D eigenvalue weighted by Crippen LogP contribution is 2.50. The smallest absolute Gasteiger partial charge is 0.331 e. The fourth-order valence-electron chi connectivity index (χ4n) is 4.07. The average Bonchev–Trinajstić information content (AvgIpc) is 3.09. The van der Waals surface area contributed by atoms with Gasteiger partial charge in [-0.25, -0.2) is 4.79 Å².